The first-order chi connectivity index (χ1) is 12.7. The molecule has 1 heterocycles. The molecule has 1 N–H and O–H groups in total. The zero-order valence-electron chi connectivity index (χ0n) is 15.1. The van der Waals surface area contributed by atoms with Crippen molar-refractivity contribution in [1.29, 1.82) is 0 Å². The summed E-state index contributed by atoms with van der Waals surface area (Å²) >= 11 is 0. The van der Waals surface area contributed by atoms with Gasteiger partial charge in [0, 0.05) is 0 Å². The molecule has 0 spiro atoms. The summed E-state index contributed by atoms with van der Waals surface area (Å²) in [6.45, 7) is 2.82. The smallest absolute Gasteiger partial charge is 0.348 e. The lowest BCUT2D eigenvalue weighted by Crippen LogP contribution is -2.38. The molecule has 3 rings (SSSR count). The third-order valence-corrected chi connectivity index (χ3v) is 4.58. The number of hydrogen-bond donors (Lipinski definition) is 1. The zero-order valence-corrected chi connectivity index (χ0v) is 16.0. The molecule has 0 aromatic heterocycles. The highest BCUT2D eigenvalue weighted by Gasteiger charge is 2.41. The Balaban J connectivity index is 0.00000261. The third-order valence-electron chi connectivity index (χ3n) is 4.58. The van der Waals surface area contributed by atoms with E-state index in [-0.39, 0.29) is 19.0 Å². The molecule has 0 radical (unpaired) electrons. The molecule has 0 bridgehead atoms. The number of aliphatic hydroxyl groups is 1. The number of rotatable bonds is 5. The van der Waals surface area contributed by atoms with Gasteiger partial charge in [-0.25, -0.2) is 4.79 Å². The number of carbonyl (C=O) groups is 1. The zero-order chi connectivity index (χ0) is 18.2. The van der Waals surface area contributed by atoms with Gasteiger partial charge in [-0.3, -0.25) is 4.90 Å². The normalized spacial score (nSPS) is 14.0. The van der Waals surface area contributed by atoms with Crippen LogP contribution in [0, 0.1) is 11.8 Å². The van der Waals surface area contributed by atoms with E-state index in [4.69, 9.17) is 4.74 Å². The minimum absolute atomic E-state index is 0. The first-order valence-electron chi connectivity index (χ1n) is 8.90. The number of esters is 1. The summed E-state index contributed by atoms with van der Waals surface area (Å²) in [5.74, 6) is 5.19. The Hall–Kier alpha value is -2.32. The number of hydrogen-bond acceptors (Lipinski definition) is 4. The van der Waals surface area contributed by atoms with Crippen LogP contribution in [0.3, 0.4) is 0 Å². The molecule has 1 fully saturated rings. The van der Waals surface area contributed by atoms with E-state index in [0.717, 1.165) is 13.1 Å². The standard InChI is InChI=1S/C22H23NO3.ClH/c24-21(26-18-10-9-17-23-15-7-8-16-23)22(25,19-11-3-1-4-12-19)20-13-5-2-6-14-20;/h1-6,11-14,25H,7-8,15-18H2;1H. The molecular formula is C22H24ClNO3. The van der Waals surface area contributed by atoms with Crippen LogP contribution in [-0.4, -0.2) is 42.2 Å². The van der Waals surface area contributed by atoms with Crippen LogP contribution in [0.25, 0.3) is 0 Å². The van der Waals surface area contributed by atoms with Gasteiger partial charge in [0.05, 0.1) is 6.54 Å². The van der Waals surface area contributed by atoms with Crippen LogP contribution in [-0.2, 0) is 15.1 Å². The fraction of sp³-hybridized carbons (Fsp3) is 0.318. The van der Waals surface area contributed by atoms with E-state index in [2.05, 4.69) is 16.7 Å². The number of halogens is 1. The maximum absolute atomic E-state index is 12.7. The number of benzene rings is 2. The van der Waals surface area contributed by atoms with Gasteiger partial charge >= 0.3 is 5.97 Å². The predicted molar refractivity (Wildman–Crippen MR) is 108 cm³/mol. The largest absolute Gasteiger partial charge is 0.450 e. The number of ether oxygens (including phenoxy) is 1. The summed E-state index contributed by atoms with van der Waals surface area (Å²) in [5.41, 5.74) is -0.901. The van der Waals surface area contributed by atoms with Gasteiger partial charge in [0.15, 0.2) is 6.61 Å². The maximum Gasteiger partial charge on any atom is 0.348 e. The number of nitrogens with zero attached hydrogens (tertiary/aromatic N) is 1. The van der Waals surface area contributed by atoms with Crippen molar-refractivity contribution in [2.24, 2.45) is 0 Å². The highest BCUT2D eigenvalue weighted by molar-refractivity contribution is 5.85. The highest BCUT2D eigenvalue weighted by Crippen LogP contribution is 2.30. The van der Waals surface area contributed by atoms with Gasteiger partial charge < -0.3 is 9.84 Å². The Bertz CT molecular complexity index is 738. The summed E-state index contributed by atoms with van der Waals surface area (Å²) in [5, 5.41) is 11.2. The maximum atomic E-state index is 12.7. The molecule has 1 aliphatic rings. The molecule has 4 nitrogen and oxygen atoms in total. The van der Waals surface area contributed by atoms with Gasteiger partial charge in [-0.15, -0.1) is 12.4 Å². The molecule has 2 aromatic carbocycles. The van der Waals surface area contributed by atoms with Crippen LogP contribution in [0.2, 0.25) is 0 Å². The van der Waals surface area contributed by atoms with E-state index >= 15 is 0 Å². The van der Waals surface area contributed by atoms with Gasteiger partial charge in [0.1, 0.15) is 0 Å². The lowest BCUT2D eigenvalue weighted by molar-refractivity contribution is -0.160. The molecule has 5 heteroatoms. The first-order valence-corrected chi connectivity index (χ1v) is 8.90. The third kappa shape index (κ3) is 5.11. The Morgan fingerprint density at radius 1 is 0.963 bits per heavy atom. The SMILES string of the molecule is Cl.O=C(OCC#CCN1CCCC1)C(O)(c1ccccc1)c1ccccc1. The highest BCUT2D eigenvalue weighted by atomic mass is 35.5. The van der Waals surface area contributed by atoms with Crippen LogP contribution < -0.4 is 0 Å². The second-order valence-corrected chi connectivity index (χ2v) is 6.36. The van der Waals surface area contributed by atoms with Crippen molar-refractivity contribution in [1.82, 2.24) is 4.90 Å². The molecular weight excluding hydrogens is 362 g/mol. The monoisotopic (exact) mass is 385 g/mol. The number of carbonyl (C=O) groups excluding carboxylic acids is 1. The topological polar surface area (TPSA) is 49.8 Å². The lowest BCUT2D eigenvalue weighted by atomic mass is 9.86. The van der Waals surface area contributed by atoms with E-state index in [0.29, 0.717) is 17.7 Å². The van der Waals surface area contributed by atoms with E-state index < -0.39 is 11.6 Å². The molecule has 2 aromatic rings. The molecule has 27 heavy (non-hydrogen) atoms. The minimum atomic E-state index is -1.85. The Kier molecular flexibility index (Phi) is 7.87. The molecule has 1 aliphatic heterocycles. The van der Waals surface area contributed by atoms with E-state index in [1.54, 1.807) is 48.5 Å². The summed E-state index contributed by atoms with van der Waals surface area (Å²) in [6, 6.07) is 17.7. The van der Waals surface area contributed by atoms with E-state index in [1.807, 2.05) is 12.1 Å². The minimum Gasteiger partial charge on any atom is -0.450 e. The first kappa shape index (κ1) is 21.0. The van der Waals surface area contributed by atoms with Gasteiger partial charge in [0.25, 0.3) is 0 Å². The quantitative estimate of drug-likeness (QED) is 0.635. The molecule has 0 aliphatic carbocycles. The fourth-order valence-electron chi connectivity index (χ4n) is 3.13. The van der Waals surface area contributed by atoms with Gasteiger partial charge in [-0.1, -0.05) is 72.5 Å². The van der Waals surface area contributed by atoms with Crippen LogP contribution in [0.1, 0.15) is 24.0 Å². The Morgan fingerprint density at radius 3 is 2.00 bits per heavy atom. The summed E-state index contributed by atoms with van der Waals surface area (Å²) in [4.78, 5) is 15.0. The average molecular weight is 386 g/mol. The van der Waals surface area contributed by atoms with Crippen LogP contribution in [0.15, 0.2) is 60.7 Å². The second kappa shape index (κ2) is 10.1. The lowest BCUT2D eigenvalue weighted by Gasteiger charge is -2.26. The van der Waals surface area contributed by atoms with Crippen LogP contribution in [0.5, 0.6) is 0 Å². The summed E-state index contributed by atoms with van der Waals surface area (Å²) < 4.78 is 5.30. The van der Waals surface area contributed by atoms with Crippen molar-refractivity contribution in [3.05, 3.63) is 71.8 Å². The second-order valence-electron chi connectivity index (χ2n) is 6.36. The molecule has 0 unspecified atom stereocenters. The summed E-state index contributed by atoms with van der Waals surface area (Å²) in [7, 11) is 0. The molecule has 0 atom stereocenters. The van der Waals surface area contributed by atoms with Crippen molar-refractivity contribution < 1.29 is 14.6 Å². The van der Waals surface area contributed by atoms with Crippen molar-refractivity contribution >= 4 is 18.4 Å². The van der Waals surface area contributed by atoms with Crippen molar-refractivity contribution in [3.63, 3.8) is 0 Å². The van der Waals surface area contributed by atoms with Crippen LogP contribution >= 0.6 is 12.4 Å². The van der Waals surface area contributed by atoms with Crippen molar-refractivity contribution in [2.75, 3.05) is 26.2 Å². The van der Waals surface area contributed by atoms with E-state index in [9.17, 15) is 9.90 Å². The van der Waals surface area contributed by atoms with Gasteiger partial charge in [-0.2, -0.15) is 0 Å². The molecule has 142 valence electrons. The summed E-state index contributed by atoms with van der Waals surface area (Å²) in [6.07, 6.45) is 2.44. The van der Waals surface area contributed by atoms with Gasteiger partial charge in [-0.05, 0) is 37.1 Å². The Labute approximate surface area is 166 Å². The molecule has 0 amide bonds. The molecule has 0 saturated carbocycles. The van der Waals surface area contributed by atoms with Gasteiger partial charge in [0.2, 0.25) is 5.60 Å². The molecule has 1 saturated heterocycles. The number of likely N-dealkylation sites (tertiary alicyclic amines) is 1. The van der Waals surface area contributed by atoms with Crippen LogP contribution in [0.4, 0.5) is 0 Å². The van der Waals surface area contributed by atoms with Crippen molar-refractivity contribution in [2.45, 2.75) is 18.4 Å². The average Bonchev–Trinajstić information content (AvgIpc) is 3.22. The van der Waals surface area contributed by atoms with E-state index in [1.165, 1.54) is 12.8 Å². The predicted octanol–water partition coefficient (Wildman–Crippen LogP) is 2.99. The van der Waals surface area contributed by atoms with Crippen molar-refractivity contribution in [3.8, 4) is 11.8 Å². The fourth-order valence-corrected chi connectivity index (χ4v) is 3.13. The Morgan fingerprint density at radius 2 is 1.48 bits per heavy atom.